The van der Waals surface area contributed by atoms with Crippen LogP contribution >= 0.6 is 11.8 Å². The average Bonchev–Trinajstić information content (AvgIpc) is 2.26. The van der Waals surface area contributed by atoms with Crippen LogP contribution in [0.3, 0.4) is 0 Å². The van der Waals surface area contributed by atoms with Gasteiger partial charge in [-0.3, -0.25) is 0 Å². The van der Waals surface area contributed by atoms with Crippen molar-refractivity contribution >= 4 is 17.9 Å². The summed E-state index contributed by atoms with van der Waals surface area (Å²) in [7, 11) is 0. The number of ether oxygens (including phenoxy) is 2. The maximum atomic E-state index is 11.6. The van der Waals surface area contributed by atoms with Crippen LogP contribution < -0.4 is 5.32 Å². The molecule has 2 fully saturated rings. The molecule has 6 heteroatoms. The maximum Gasteiger partial charge on any atom is 0.407 e. The van der Waals surface area contributed by atoms with Gasteiger partial charge in [-0.15, -0.1) is 0 Å². The number of nitrogens with one attached hydrogen (secondary N) is 1. The van der Waals surface area contributed by atoms with Crippen molar-refractivity contribution in [3.63, 3.8) is 0 Å². The van der Waals surface area contributed by atoms with Crippen molar-refractivity contribution in [2.75, 3.05) is 13.1 Å². The zero-order valence-electron chi connectivity index (χ0n) is 12.5. The number of nitrogens with zero attached hydrogens (tertiary/aromatic N) is 1. The first kappa shape index (κ1) is 15.9. The molecule has 20 heavy (non-hydrogen) atoms. The molecule has 1 heterocycles. The van der Waals surface area contributed by atoms with Gasteiger partial charge >= 0.3 is 6.09 Å². The van der Waals surface area contributed by atoms with Crippen LogP contribution in [0.4, 0.5) is 4.79 Å². The van der Waals surface area contributed by atoms with E-state index < -0.39 is 5.60 Å². The van der Waals surface area contributed by atoms with Crippen LogP contribution in [-0.2, 0) is 9.47 Å². The van der Waals surface area contributed by atoms with Gasteiger partial charge in [-0.25, -0.2) is 9.21 Å². The standard InChI is InChI=1S/C14H25ClN2O3/c1-14(2,3)20-13(18)16-10-8-12(9-10)19-11-4-6-17(15)7-5-11/h10-12H,4-9H2,1-3H3,(H,16,18)/t10-,12-. The van der Waals surface area contributed by atoms with Gasteiger partial charge in [-0.1, -0.05) is 0 Å². The summed E-state index contributed by atoms with van der Waals surface area (Å²) >= 11 is 5.92. The fraction of sp³-hybridized carbons (Fsp3) is 0.929. The van der Waals surface area contributed by atoms with E-state index in [9.17, 15) is 4.79 Å². The third-order valence-corrected chi connectivity index (χ3v) is 3.93. The third kappa shape index (κ3) is 5.11. The van der Waals surface area contributed by atoms with Crippen LogP contribution in [0.1, 0.15) is 46.5 Å². The molecule has 1 aliphatic carbocycles. The van der Waals surface area contributed by atoms with E-state index in [1.807, 2.05) is 25.2 Å². The van der Waals surface area contributed by atoms with Crippen molar-refractivity contribution in [2.45, 2.75) is 70.3 Å². The number of carbonyl (C=O) groups excluding carboxylic acids is 1. The largest absolute Gasteiger partial charge is 0.444 e. The molecule has 0 bridgehead atoms. The molecule has 1 saturated carbocycles. The molecule has 0 aromatic carbocycles. The second kappa shape index (κ2) is 6.50. The Morgan fingerprint density at radius 1 is 1.20 bits per heavy atom. The number of amides is 1. The molecule has 2 aliphatic rings. The SMILES string of the molecule is CC(C)(C)OC(=O)N[C@H]1C[C@H](OC2CCN(Cl)CC2)C1. The highest BCUT2D eigenvalue weighted by molar-refractivity contribution is 6.13. The van der Waals surface area contributed by atoms with Crippen LogP contribution in [0.5, 0.6) is 0 Å². The molecule has 1 amide bonds. The van der Waals surface area contributed by atoms with Gasteiger partial charge in [0, 0.05) is 19.1 Å². The molecule has 0 unspecified atom stereocenters. The number of rotatable bonds is 3. The summed E-state index contributed by atoms with van der Waals surface area (Å²) in [6, 6.07) is 0.183. The summed E-state index contributed by atoms with van der Waals surface area (Å²) in [5.41, 5.74) is -0.445. The summed E-state index contributed by atoms with van der Waals surface area (Å²) in [5.74, 6) is 0. The van der Waals surface area contributed by atoms with E-state index in [1.165, 1.54) is 0 Å². The molecular weight excluding hydrogens is 280 g/mol. The number of alkyl carbamates (subject to hydrolysis) is 1. The van der Waals surface area contributed by atoms with E-state index in [0.717, 1.165) is 38.8 Å². The number of halogens is 1. The Kier molecular flexibility index (Phi) is 5.15. The fourth-order valence-electron chi connectivity index (χ4n) is 2.50. The first-order chi connectivity index (χ1) is 9.32. The van der Waals surface area contributed by atoms with Crippen molar-refractivity contribution in [1.29, 1.82) is 0 Å². The highest BCUT2D eigenvalue weighted by Crippen LogP contribution is 2.27. The normalized spacial score (nSPS) is 28.8. The lowest BCUT2D eigenvalue weighted by atomic mass is 9.89. The Morgan fingerprint density at radius 3 is 2.35 bits per heavy atom. The van der Waals surface area contributed by atoms with Crippen molar-refractivity contribution in [3.05, 3.63) is 0 Å². The van der Waals surface area contributed by atoms with Gasteiger partial charge in [-0.05, 0) is 58.2 Å². The first-order valence-electron chi connectivity index (χ1n) is 7.37. The Balaban J connectivity index is 1.59. The third-order valence-electron chi connectivity index (χ3n) is 3.59. The van der Waals surface area contributed by atoms with E-state index in [4.69, 9.17) is 21.3 Å². The highest BCUT2D eigenvalue weighted by Gasteiger charge is 2.34. The number of hydrogen-bond acceptors (Lipinski definition) is 4. The molecule has 1 aliphatic heterocycles. The molecule has 1 saturated heterocycles. The van der Waals surface area contributed by atoms with Crippen molar-refractivity contribution in [2.24, 2.45) is 0 Å². The van der Waals surface area contributed by atoms with E-state index >= 15 is 0 Å². The molecule has 1 N–H and O–H groups in total. The number of piperidine rings is 1. The zero-order chi connectivity index (χ0) is 14.8. The Labute approximate surface area is 126 Å². The zero-order valence-corrected chi connectivity index (χ0v) is 13.3. The summed E-state index contributed by atoms with van der Waals surface area (Å²) in [6.07, 6.45) is 3.98. The predicted molar refractivity (Wildman–Crippen MR) is 77.7 cm³/mol. The van der Waals surface area contributed by atoms with E-state index in [2.05, 4.69) is 5.32 Å². The lowest BCUT2D eigenvalue weighted by Crippen LogP contribution is -2.50. The molecule has 0 aromatic rings. The van der Waals surface area contributed by atoms with Crippen LogP contribution in [0.2, 0.25) is 0 Å². The van der Waals surface area contributed by atoms with E-state index in [0.29, 0.717) is 6.10 Å². The Bertz CT molecular complexity index is 332. The van der Waals surface area contributed by atoms with Gasteiger partial charge in [0.25, 0.3) is 0 Å². The van der Waals surface area contributed by atoms with Crippen molar-refractivity contribution in [3.8, 4) is 0 Å². The Hall–Kier alpha value is -0.520. The summed E-state index contributed by atoms with van der Waals surface area (Å²) in [6.45, 7) is 7.37. The van der Waals surface area contributed by atoms with Crippen molar-refractivity contribution in [1.82, 2.24) is 9.74 Å². The van der Waals surface area contributed by atoms with Crippen LogP contribution in [0.25, 0.3) is 0 Å². The minimum absolute atomic E-state index is 0.183. The maximum absolute atomic E-state index is 11.6. The average molecular weight is 305 g/mol. The first-order valence-corrected chi connectivity index (χ1v) is 7.71. The molecule has 5 nitrogen and oxygen atoms in total. The fourth-order valence-corrected chi connectivity index (χ4v) is 2.70. The van der Waals surface area contributed by atoms with Crippen LogP contribution in [0, 0.1) is 0 Å². The van der Waals surface area contributed by atoms with Gasteiger partial charge < -0.3 is 14.8 Å². The van der Waals surface area contributed by atoms with Gasteiger partial charge in [-0.2, -0.15) is 0 Å². The van der Waals surface area contributed by atoms with Crippen LogP contribution in [-0.4, -0.2) is 47.5 Å². The van der Waals surface area contributed by atoms with Crippen LogP contribution in [0.15, 0.2) is 0 Å². The van der Waals surface area contributed by atoms with Gasteiger partial charge in [0.15, 0.2) is 0 Å². The number of hydrogen-bond donors (Lipinski definition) is 1. The Morgan fingerprint density at radius 2 is 1.80 bits per heavy atom. The summed E-state index contributed by atoms with van der Waals surface area (Å²) in [5, 5.41) is 2.88. The molecule has 0 radical (unpaired) electrons. The molecule has 0 spiro atoms. The van der Waals surface area contributed by atoms with E-state index in [-0.39, 0.29) is 18.2 Å². The van der Waals surface area contributed by atoms with E-state index in [1.54, 1.807) is 0 Å². The molecular formula is C14H25ClN2O3. The number of carbonyl (C=O) groups is 1. The smallest absolute Gasteiger partial charge is 0.407 e. The lowest BCUT2D eigenvalue weighted by molar-refractivity contribution is -0.0790. The molecule has 2 rings (SSSR count). The predicted octanol–water partition coefficient (Wildman–Crippen LogP) is 2.68. The monoisotopic (exact) mass is 304 g/mol. The van der Waals surface area contributed by atoms with Gasteiger partial charge in [0.2, 0.25) is 0 Å². The van der Waals surface area contributed by atoms with Gasteiger partial charge in [0.05, 0.1) is 12.2 Å². The minimum Gasteiger partial charge on any atom is -0.444 e. The molecule has 0 atom stereocenters. The second-order valence-electron chi connectivity index (χ2n) is 6.68. The minimum atomic E-state index is -0.445. The van der Waals surface area contributed by atoms with Crippen molar-refractivity contribution < 1.29 is 14.3 Å². The van der Waals surface area contributed by atoms with Gasteiger partial charge in [0.1, 0.15) is 5.60 Å². The lowest BCUT2D eigenvalue weighted by Gasteiger charge is -2.39. The summed E-state index contributed by atoms with van der Waals surface area (Å²) < 4.78 is 13.1. The topological polar surface area (TPSA) is 50.8 Å². The molecule has 116 valence electrons. The second-order valence-corrected chi connectivity index (χ2v) is 7.16. The quantitative estimate of drug-likeness (QED) is 0.815. The summed E-state index contributed by atoms with van der Waals surface area (Å²) in [4.78, 5) is 11.6. The molecule has 0 aromatic heterocycles. The highest BCUT2D eigenvalue weighted by atomic mass is 35.5.